The van der Waals surface area contributed by atoms with Gasteiger partial charge in [0.25, 0.3) is 0 Å². The first-order valence-corrected chi connectivity index (χ1v) is 10.1. The molecule has 1 aliphatic heterocycles. The van der Waals surface area contributed by atoms with E-state index in [2.05, 4.69) is 12.2 Å². The second-order valence-electron chi connectivity index (χ2n) is 7.27. The number of halogens is 3. The highest BCUT2D eigenvalue weighted by atomic mass is 19.4. The number of unbranched alkanes of at least 4 members (excludes halogenated alkanes) is 1. The number of carboxylic acid groups (broad SMARTS) is 1. The van der Waals surface area contributed by atoms with E-state index in [0.717, 1.165) is 56.8 Å². The van der Waals surface area contributed by atoms with Gasteiger partial charge >= 0.3 is 12.1 Å². The van der Waals surface area contributed by atoms with Gasteiger partial charge in [-0.15, -0.1) is 0 Å². The molecule has 0 spiro atoms. The highest BCUT2D eigenvalue weighted by Crippen LogP contribution is 2.28. The average Bonchev–Trinajstić information content (AvgIpc) is 2.74. The van der Waals surface area contributed by atoms with Crippen LogP contribution in [0.1, 0.15) is 39.0 Å². The van der Waals surface area contributed by atoms with E-state index in [0.29, 0.717) is 6.42 Å². The summed E-state index contributed by atoms with van der Waals surface area (Å²) >= 11 is 0. The normalized spacial score (nSPS) is 15.4. The first-order chi connectivity index (χ1) is 14.5. The number of rotatable bonds is 8. The number of hydrogen-bond donors (Lipinski definition) is 2. The summed E-state index contributed by atoms with van der Waals surface area (Å²) in [5, 5.41) is 10.4. The summed E-state index contributed by atoms with van der Waals surface area (Å²) in [7, 11) is 3.53. The quantitative estimate of drug-likeness (QED) is 0.591. The van der Waals surface area contributed by atoms with Crippen molar-refractivity contribution in [2.45, 2.75) is 50.8 Å². The van der Waals surface area contributed by atoms with Gasteiger partial charge in [-0.3, -0.25) is 4.79 Å². The van der Waals surface area contributed by atoms with E-state index in [9.17, 15) is 18.0 Å². The van der Waals surface area contributed by atoms with Crippen LogP contribution in [0.3, 0.4) is 0 Å². The molecule has 7 nitrogen and oxygen atoms in total. The van der Waals surface area contributed by atoms with Crippen LogP contribution in [-0.4, -0.2) is 62.6 Å². The molecule has 176 valence electrons. The van der Waals surface area contributed by atoms with Crippen molar-refractivity contribution in [2.75, 3.05) is 38.8 Å². The van der Waals surface area contributed by atoms with Gasteiger partial charge in [-0.1, -0.05) is 13.3 Å². The first kappa shape index (κ1) is 26.7. The van der Waals surface area contributed by atoms with E-state index in [1.807, 2.05) is 31.3 Å². The highest BCUT2D eigenvalue weighted by molar-refractivity contribution is 5.93. The number of hydrogen-bond acceptors (Lipinski definition) is 5. The molecule has 2 rings (SSSR count). The summed E-state index contributed by atoms with van der Waals surface area (Å²) in [5.74, 6) is -1.83. The van der Waals surface area contributed by atoms with Crippen LogP contribution in [-0.2, 0) is 14.3 Å². The molecule has 0 atom stereocenters. The van der Waals surface area contributed by atoms with Crippen LogP contribution >= 0.6 is 0 Å². The molecule has 0 radical (unpaired) electrons. The van der Waals surface area contributed by atoms with Crippen LogP contribution in [0.2, 0.25) is 0 Å². The Morgan fingerprint density at radius 3 is 2.19 bits per heavy atom. The summed E-state index contributed by atoms with van der Waals surface area (Å²) in [6.07, 6.45) is -0.767. The Morgan fingerprint density at radius 1 is 1.19 bits per heavy atom. The lowest BCUT2D eigenvalue weighted by Crippen LogP contribution is -2.46. The third-order valence-corrected chi connectivity index (χ3v) is 5.03. The number of nitrogens with zero attached hydrogens (tertiary/aromatic N) is 1. The molecule has 31 heavy (non-hydrogen) atoms. The maximum atomic E-state index is 12.7. The van der Waals surface area contributed by atoms with E-state index < -0.39 is 12.1 Å². The number of amides is 1. The summed E-state index contributed by atoms with van der Waals surface area (Å²) in [4.78, 5) is 23.3. The molecule has 0 aromatic heterocycles. The van der Waals surface area contributed by atoms with E-state index in [1.54, 1.807) is 12.0 Å². The molecule has 10 heteroatoms. The third-order valence-electron chi connectivity index (χ3n) is 5.03. The van der Waals surface area contributed by atoms with Crippen molar-refractivity contribution in [3.05, 3.63) is 24.3 Å². The molecule has 1 fully saturated rings. The van der Waals surface area contributed by atoms with Gasteiger partial charge in [-0.2, -0.15) is 13.2 Å². The molecule has 1 saturated heterocycles. The molecule has 1 aromatic rings. The maximum absolute atomic E-state index is 12.7. The molecule has 0 bridgehead atoms. The minimum Gasteiger partial charge on any atom is -0.494 e. The summed E-state index contributed by atoms with van der Waals surface area (Å²) < 4.78 is 43.1. The number of benzene rings is 1. The zero-order valence-corrected chi connectivity index (χ0v) is 18.1. The minimum absolute atomic E-state index is 0.0819. The summed E-state index contributed by atoms with van der Waals surface area (Å²) in [6.45, 7) is 4.67. The fraction of sp³-hybridized carbons (Fsp3) is 0.619. The summed E-state index contributed by atoms with van der Waals surface area (Å²) in [5.41, 5.74) is 0.544. The lowest BCUT2D eigenvalue weighted by molar-refractivity contribution is -0.192. The first-order valence-electron chi connectivity index (χ1n) is 10.1. The Labute approximate surface area is 180 Å². The Hall–Kier alpha value is -2.33. The molecule has 0 saturated carbocycles. The number of piperidine rings is 1. The number of carbonyl (C=O) groups is 2. The Bertz CT molecular complexity index is 689. The number of carboxylic acids is 1. The number of nitrogens with one attached hydrogen (secondary N) is 1. The molecular formula is C21H31F3N2O5. The van der Waals surface area contributed by atoms with Crippen LogP contribution in [0.15, 0.2) is 24.3 Å². The predicted octanol–water partition coefficient (Wildman–Crippen LogP) is 3.62. The standard InChI is InChI=1S/C19H30N2O3.C2HF3O2/c1-4-5-14-24-17-8-6-16(7-9-17)21(2)18(22)15-19(23-3)10-12-20-13-11-19;3-2(4,5)1(6)7/h6-9,20H,4-5,10-15H2,1-3H3;(H,6,7). The molecule has 1 aromatic carbocycles. The Morgan fingerprint density at radius 2 is 1.74 bits per heavy atom. The van der Waals surface area contributed by atoms with Gasteiger partial charge in [-0.05, 0) is 56.6 Å². The van der Waals surface area contributed by atoms with Crippen molar-refractivity contribution in [3.63, 3.8) is 0 Å². The number of alkyl halides is 3. The molecule has 1 aliphatic rings. The molecule has 2 N–H and O–H groups in total. The highest BCUT2D eigenvalue weighted by Gasteiger charge is 2.38. The Balaban J connectivity index is 0.000000592. The van der Waals surface area contributed by atoms with Gasteiger partial charge in [0, 0.05) is 19.8 Å². The number of methoxy groups -OCH3 is 1. The van der Waals surface area contributed by atoms with E-state index >= 15 is 0 Å². The third kappa shape index (κ3) is 9.14. The van der Waals surface area contributed by atoms with Crippen molar-refractivity contribution >= 4 is 17.6 Å². The predicted molar refractivity (Wildman–Crippen MR) is 110 cm³/mol. The van der Waals surface area contributed by atoms with Gasteiger partial charge in [0.05, 0.1) is 18.6 Å². The van der Waals surface area contributed by atoms with Crippen molar-refractivity contribution in [2.24, 2.45) is 0 Å². The fourth-order valence-corrected chi connectivity index (χ4v) is 2.97. The van der Waals surface area contributed by atoms with Gasteiger partial charge < -0.3 is 24.8 Å². The molecule has 1 heterocycles. The minimum atomic E-state index is -5.08. The van der Waals surface area contributed by atoms with Gasteiger partial charge in [0.15, 0.2) is 0 Å². The largest absolute Gasteiger partial charge is 0.494 e. The van der Waals surface area contributed by atoms with Crippen molar-refractivity contribution in [1.82, 2.24) is 5.32 Å². The monoisotopic (exact) mass is 448 g/mol. The average molecular weight is 448 g/mol. The number of aliphatic carboxylic acids is 1. The SMILES string of the molecule is CCCCOc1ccc(N(C)C(=O)CC2(OC)CCNCC2)cc1.O=C(O)C(F)(F)F. The number of ether oxygens (including phenoxy) is 2. The smallest absolute Gasteiger partial charge is 0.490 e. The zero-order valence-electron chi connectivity index (χ0n) is 18.1. The van der Waals surface area contributed by atoms with Gasteiger partial charge in [0.2, 0.25) is 5.91 Å². The van der Waals surface area contributed by atoms with E-state index in [4.69, 9.17) is 19.4 Å². The van der Waals surface area contributed by atoms with Crippen LogP contribution in [0.25, 0.3) is 0 Å². The van der Waals surface area contributed by atoms with Gasteiger partial charge in [0.1, 0.15) is 5.75 Å². The lowest BCUT2D eigenvalue weighted by Gasteiger charge is -2.36. The summed E-state index contributed by atoms with van der Waals surface area (Å²) in [6, 6.07) is 7.71. The van der Waals surface area contributed by atoms with Crippen molar-refractivity contribution < 1.29 is 37.3 Å². The maximum Gasteiger partial charge on any atom is 0.490 e. The van der Waals surface area contributed by atoms with E-state index in [1.165, 1.54) is 0 Å². The number of anilines is 1. The number of carbonyl (C=O) groups excluding carboxylic acids is 1. The Kier molecular flexibility index (Phi) is 10.8. The molecule has 1 amide bonds. The van der Waals surface area contributed by atoms with Crippen LogP contribution in [0, 0.1) is 0 Å². The van der Waals surface area contributed by atoms with Gasteiger partial charge in [-0.25, -0.2) is 4.79 Å². The molecule has 0 aliphatic carbocycles. The topological polar surface area (TPSA) is 88.1 Å². The fourth-order valence-electron chi connectivity index (χ4n) is 2.97. The van der Waals surface area contributed by atoms with Crippen LogP contribution in [0.5, 0.6) is 5.75 Å². The second kappa shape index (κ2) is 12.5. The lowest BCUT2D eigenvalue weighted by atomic mass is 9.88. The van der Waals surface area contributed by atoms with Crippen LogP contribution in [0.4, 0.5) is 18.9 Å². The molecule has 0 unspecified atom stereocenters. The second-order valence-corrected chi connectivity index (χ2v) is 7.27. The van der Waals surface area contributed by atoms with Crippen molar-refractivity contribution in [3.8, 4) is 5.75 Å². The van der Waals surface area contributed by atoms with Crippen LogP contribution < -0.4 is 15.0 Å². The van der Waals surface area contributed by atoms with E-state index in [-0.39, 0.29) is 11.5 Å². The zero-order chi connectivity index (χ0) is 23.5. The van der Waals surface area contributed by atoms with Crippen molar-refractivity contribution in [1.29, 1.82) is 0 Å². The molecular weight excluding hydrogens is 417 g/mol.